The van der Waals surface area contributed by atoms with Gasteiger partial charge in [-0.3, -0.25) is 4.79 Å². The largest absolute Gasteiger partial charge is 0.490 e. The fraction of sp³-hybridized carbons (Fsp3) is 0.250. The third-order valence-corrected chi connectivity index (χ3v) is 5.11. The lowest BCUT2D eigenvalue weighted by Gasteiger charge is -2.17. The molecule has 0 aliphatic carbocycles. The van der Waals surface area contributed by atoms with Gasteiger partial charge >= 0.3 is 6.09 Å². The Morgan fingerprint density at radius 1 is 0.919 bits per heavy atom. The second-order valence-electron chi connectivity index (χ2n) is 7.90. The Balaban J connectivity index is 1.65. The zero-order valence-corrected chi connectivity index (χ0v) is 20.8. The highest BCUT2D eigenvalue weighted by atomic mass is 19.1. The number of benzene rings is 3. The molecule has 0 aromatic heterocycles. The first-order valence-corrected chi connectivity index (χ1v) is 11.9. The summed E-state index contributed by atoms with van der Waals surface area (Å²) >= 11 is 0. The van der Waals surface area contributed by atoms with Crippen LogP contribution in [0.2, 0.25) is 0 Å². The first kappa shape index (κ1) is 27.2. The molecule has 0 radical (unpaired) electrons. The summed E-state index contributed by atoms with van der Waals surface area (Å²) in [5.74, 6) is 0.158. The van der Waals surface area contributed by atoms with Crippen molar-refractivity contribution in [1.82, 2.24) is 10.7 Å². The zero-order chi connectivity index (χ0) is 26.5. The van der Waals surface area contributed by atoms with Gasteiger partial charge in [-0.2, -0.15) is 5.10 Å². The van der Waals surface area contributed by atoms with Crippen molar-refractivity contribution in [3.63, 3.8) is 0 Å². The van der Waals surface area contributed by atoms with Gasteiger partial charge in [-0.05, 0) is 60.9 Å². The Kier molecular flexibility index (Phi) is 10.5. The van der Waals surface area contributed by atoms with Crippen LogP contribution in [0.4, 0.5) is 9.18 Å². The molecule has 0 aliphatic rings. The van der Waals surface area contributed by atoms with E-state index >= 15 is 0 Å². The fourth-order valence-electron chi connectivity index (χ4n) is 3.40. The van der Waals surface area contributed by atoms with E-state index in [2.05, 4.69) is 15.8 Å². The number of rotatable bonds is 12. The predicted octanol–water partition coefficient (Wildman–Crippen LogP) is 4.61. The van der Waals surface area contributed by atoms with Gasteiger partial charge in [0.2, 0.25) is 0 Å². The molecule has 0 heterocycles. The van der Waals surface area contributed by atoms with Crippen molar-refractivity contribution in [3.05, 3.63) is 95.3 Å². The van der Waals surface area contributed by atoms with Crippen molar-refractivity contribution in [2.75, 3.05) is 13.2 Å². The zero-order valence-electron chi connectivity index (χ0n) is 20.8. The molecule has 37 heavy (non-hydrogen) atoms. The number of ether oxygens (including phenoxy) is 3. The molecule has 2 N–H and O–H groups in total. The number of amides is 2. The Morgan fingerprint density at radius 2 is 1.70 bits per heavy atom. The first-order valence-electron chi connectivity index (χ1n) is 11.9. The number of alkyl carbamates (subject to hydrolysis) is 1. The van der Waals surface area contributed by atoms with Gasteiger partial charge in [0.05, 0.1) is 19.4 Å². The second-order valence-corrected chi connectivity index (χ2v) is 7.90. The summed E-state index contributed by atoms with van der Waals surface area (Å²) in [6, 6.07) is 19.8. The SMILES string of the molecule is CCOC(=O)N[C@@H](Cc1ccccc1)C(=O)N/N=C\c1ccc(OCc2cccc(F)c2)c(OCC)c1. The summed E-state index contributed by atoms with van der Waals surface area (Å²) in [5.41, 5.74) is 4.69. The Hall–Kier alpha value is -4.40. The van der Waals surface area contributed by atoms with Crippen molar-refractivity contribution in [2.45, 2.75) is 32.9 Å². The minimum absolute atomic E-state index is 0.178. The van der Waals surface area contributed by atoms with E-state index in [1.165, 1.54) is 18.3 Å². The molecule has 2 amide bonds. The number of carbonyl (C=O) groups excluding carboxylic acids is 2. The van der Waals surface area contributed by atoms with Gasteiger partial charge in [0.15, 0.2) is 11.5 Å². The van der Waals surface area contributed by atoms with E-state index in [1.807, 2.05) is 37.3 Å². The number of hydrogen-bond donors (Lipinski definition) is 2. The minimum Gasteiger partial charge on any atom is -0.490 e. The maximum atomic E-state index is 13.4. The van der Waals surface area contributed by atoms with Gasteiger partial charge in [0.25, 0.3) is 5.91 Å². The van der Waals surface area contributed by atoms with Gasteiger partial charge in [0.1, 0.15) is 18.5 Å². The normalized spacial score (nSPS) is 11.5. The van der Waals surface area contributed by atoms with Crippen LogP contribution in [-0.4, -0.2) is 37.5 Å². The summed E-state index contributed by atoms with van der Waals surface area (Å²) in [6.07, 6.45) is 1.05. The van der Waals surface area contributed by atoms with Gasteiger partial charge in [-0.15, -0.1) is 0 Å². The molecule has 0 saturated heterocycles. The van der Waals surface area contributed by atoms with Crippen LogP contribution >= 0.6 is 0 Å². The van der Waals surface area contributed by atoms with E-state index < -0.39 is 18.0 Å². The van der Waals surface area contributed by atoms with Crippen molar-refractivity contribution >= 4 is 18.2 Å². The van der Waals surface area contributed by atoms with Gasteiger partial charge < -0.3 is 19.5 Å². The van der Waals surface area contributed by atoms with Crippen LogP contribution in [0.1, 0.15) is 30.5 Å². The lowest BCUT2D eigenvalue weighted by atomic mass is 10.1. The summed E-state index contributed by atoms with van der Waals surface area (Å²) in [6.45, 7) is 4.31. The van der Waals surface area contributed by atoms with Crippen LogP contribution in [-0.2, 0) is 22.6 Å². The van der Waals surface area contributed by atoms with Crippen LogP contribution in [0.25, 0.3) is 0 Å². The highest BCUT2D eigenvalue weighted by Crippen LogP contribution is 2.29. The van der Waals surface area contributed by atoms with E-state index in [0.717, 1.165) is 5.56 Å². The maximum Gasteiger partial charge on any atom is 0.407 e. The number of nitrogens with zero attached hydrogens (tertiary/aromatic N) is 1. The Bertz CT molecular complexity index is 1200. The van der Waals surface area contributed by atoms with Gasteiger partial charge in [-0.25, -0.2) is 14.6 Å². The molecular weight excluding hydrogens is 477 g/mol. The molecule has 1 atom stereocenters. The topological polar surface area (TPSA) is 98.2 Å². The number of hydrogen-bond acceptors (Lipinski definition) is 6. The van der Waals surface area contributed by atoms with Crippen molar-refractivity contribution in [3.8, 4) is 11.5 Å². The molecule has 3 aromatic carbocycles. The number of hydrazone groups is 1. The smallest absolute Gasteiger partial charge is 0.407 e. The lowest BCUT2D eigenvalue weighted by Crippen LogP contribution is -2.47. The van der Waals surface area contributed by atoms with E-state index in [-0.39, 0.29) is 25.5 Å². The molecule has 0 aliphatic heterocycles. The van der Waals surface area contributed by atoms with Crippen LogP contribution in [0.5, 0.6) is 11.5 Å². The molecule has 0 saturated carbocycles. The van der Waals surface area contributed by atoms with E-state index in [0.29, 0.717) is 29.2 Å². The second kappa shape index (κ2) is 14.2. The molecule has 194 valence electrons. The summed E-state index contributed by atoms with van der Waals surface area (Å²) < 4.78 is 29.8. The number of carbonyl (C=O) groups is 2. The fourth-order valence-corrected chi connectivity index (χ4v) is 3.40. The molecule has 0 bridgehead atoms. The number of nitrogens with one attached hydrogen (secondary N) is 2. The third kappa shape index (κ3) is 8.96. The van der Waals surface area contributed by atoms with Gasteiger partial charge in [0, 0.05) is 6.42 Å². The monoisotopic (exact) mass is 507 g/mol. The molecule has 3 aromatic rings. The van der Waals surface area contributed by atoms with Crippen molar-refractivity contribution < 1.29 is 28.2 Å². The van der Waals surface area contributed by atoms with Crippen LogP contribution < -0.4 is 20.2 Å². The highest BCUT2D eigenvalue weighted by molar-refractivity contribution is 5.87. The average Bonchev–Trinajstić information content (AvgIpc) is 2.89. The molecule has 0 fully saturated rings. The summed E-state index contributed by atoms with van der Waals surface area (Å²) in [5, 5.41) is 6.61. The van der Waals surface area contributed by atoms with E-state index in [9.17, 15) is 14.0 Å². The standard InChI is InChI=1S/C28H30FN3O5/c1-3-35-26-17-21(13-14-25(26)37-19-22-11-8-12-23(29)15-22)18-30-32-27(33)24(31-28(34)36-4-2)16-20-9-6-5-7-10-20/h5-15,17-18,24H,3-4,16,19H2,1-2H3,(H,31,34)(H,32,33)/b30-18-/t24-/m0/s1. The van der Waals surface area contributed by atoms with Crippen molar-refractivity contribution in [1.29, 1.82) is 0 Å². The quantitative estimate of drug-likeness (QED) is 0.276. The average molecular weight is 508 g/mol. The van der Waals surface area contributed by atoms with E-state index in [1.54, 1.807) is 37.3 Å². The molecule has 0 unspecified atom stereocenters. The summed E-state index contributed by atoms with van der Waals surface area (Å²) in [7, 11) is 0. The third-order valence-electron chi connectivity index (χ3n) is 5.11. The van der Waals surface area contributed by atoms with Crippen LogP contribution in [0.15, 0.2) is 77.9 Å². The minimum atomic E-state index is -0.879. The first-order chi connectivity index (χ1) is 18.0. The maximum absolute atomic E-state index is 13.4. The molecule has 9 heteroatoms. The van der Waals surface area contributed by atoms with Crippen molar-refractivity contribution in [2.24, 2.45) is 5.10 Å². The van der Waals surface area contributed by atoms with E-state index in [4.69, 9.17) is 14.2 Å². The molecular formula is C28H30FN3O5. The predicted molar refractivity (Wildman–Crippen MR) is 138 cm³/mol. The summed E-state index contributed by atoms with van der Waals surface area (Å²) in [4.78, 5) is 24.7. The Labute approximate surface area is 215 Å². The lowest BCUT2D eigenvalue weighted by molar-refractivity contribution is -0.123. The molecule has 0 spiro atoms. The van der Waals surface area contributed by atoms with Gasteiger partial charge in [-0.1, -0.05) is 42.5 Å². The van der Waals surface area contributed by atoms with Crippen LogP contribution in [0, 0.1) is 5.82 Å². The number of halogens is 1. The Morgan fingerprint density at radius 3 is 2.43 bits per heavy atom. The van der Waals surface area contributed by atoms with Crippen LogP contribution in [0.3, 0.4) is 0 Å². The molecule has 8 nitrogen and oxygen atoms in total. The molecule has 3 rings (SSSR count). The highest BCUT2D eigenvalue weighted by Gasteiger charge is 2.21.